The average molecular weight is 371 g/mol. The van der Waals surface area contributed by atoms with E-state index in [4.69, 9.17) is 9.47 Å². The number of nitrogens with zero attached hydrogens (tertiary/aromatic N) is 1. The number of nitrogens with one attached hydrogen (secondary N) is 1. The van der Waals surface area contributed by atoms with Gasteiger partial charge in [0.15, 0.2) is 11.5 Å². The molecule has 0 aliphatic carbocycles. The Labute approximate surface area is 139 Å². The van der Waals surface area contributed by atoms with Crippen LogP contribution in [0.5, 0.6) is 11.5 Å². The van der Waals surface area contributed by atoms with Crippen LogP contribution in [0.4, 0.5) is 0 Å². The standard InChI is InChI=1S/C16H23BrN2O3/c1-16(2,9-20)15(19-5-3-18-4-6-19)11-7-13-14(8-12(11)17)22-10-21-13/h7-8,15,18,20H,3-6,9-10H2,1-2H3/t15-/m1/s1. The number of rotatable bonds is 4. The molecule has 0 spiro atoms. The number of aliphatic hydroxyl groups is 1. The summed E-state index contributed by atoms with van der Waals surface area (Å²) in [5.74, 6) is 1.56. The fourth-order valence-corrected chi connectivity index (χ4v) is 3.82. The molecule has 2 aliphatic rings. The molecule has 0 saturated carbocycles. The Morgan fingerprint density at radius 2 is 1.91 bits per heavy atom. The highest BCUT2D eigenvalue weighted by atomic mass is 79.9. The van der Waals surface area contributed by atoms with Crippen molar-refractivity contribution in [3.63, 3.8) is 0 Å². The predicted octanol–water partition coefficient (Wildman–Crippen LogP) is 2.14. The molecule has 2 aliphatic heterocycles. The molecule has 5 nitrogen and oxygen atoms in total. The largest absolute Gasteiger partial charge is 0.454 e. The fourth-order valence-electron chi connectivity index (χ4n) is 3.28. The van der Waals surface area contributed by atoms with Gasteiger partial charge in [-0.15, -0.1) is 0 Å². The Morgan fingerprint density at radius 1 is 1.27 bits per heavy atom. The van der Waals surface area contributed by atoms with Crippen LogP contribution in [0.1, 0.15) is 25.5 Å². The molecule has 0 unspecified atom stereocenters. The van der Waals surface area contributed by atoms with Crippen LogP contribution in [-0.4, -0.2) is 49.6 Å². The maximum absolute atomic E-state index is 9.93. The van der Waals surface area contributed by atoms with Crippen molar-refractivity contribution >= 4 is 15.9 Å². The van der Waals surface area contributed by atoms with Crippen LogP contribution in [-0.2, 0) is 0 Å². The second-order valence-electron chi connectivity index (χ2n) is 6.56. The van der Waals surface area contributed by atoms with Crippen molar-refractivity contribution < 1.29 is 14.6 Å². The summed E-state index contributed by atoms with van der Waals surface area (Å²) in [7, 11) is 0. The topological polar surface area (TPSA) is 54.0 Å². The number of halogens is 1. The van der Waals surface area contributed by atoms with Gasteiger partial charge in [-0.3, -0.25) is 4.90 Å². The summed E-state index contributed by atoms with van der Waals surface area (Å²) >= 11 is 3.68. The highest BCUT2D eigenvalue weighted by molar-refractivity contribution is 9.10. The molecule has 1 saturated heterocycles. The number of piperazine rings is 1. The Kier molecular flexibility index (Phi) is 4.64. The molecular weight excluding hydrogens is 348 g/mol. The monoisotopic (exact) mass is 370 g/mol. The molecule has 1 aromatic carbocycles. The number of fused-ring (bicyclic) bond motifs is 1. The highest BCUT2D eigenvalue weighted by Gasteiger charge is 2.37. The third-order valence-corrected chi connectivity index (χ3v) is 5.14. The zero-order valence-electron chi connectivity index (χ0n) is 13.1. The van der Waals surface area contributed by atoms with Crippen LogP contribution in [0.3, 0.4) is 0 Å². The van der Waals surface area contributed by atoms with Gasteiger partial charge in [0.05, 0.1) is 0 Å². The van der Waals surface area contributed by atoms with Gasteiger partial charge < -0.3 is 19.9 Å². The SMILES string of the molecule is CC(C)(CO)[C@@H](c1cc2c(cc1Br)OCO2)N1CCNCC1. The lowest BCUT2D eigenvalue weighted by molar-refractivity contribution is 0.0301. The van der Waals surface area contributed by atoms with Crippen molar-refractivity contribution in [2.45, 2.75) is 19.9 Å². The van der Waals surface area contributed by atoms with Gasteiger partial charge in [-0.2, -0.15) is 0 Å². The lowest BCUT2D eigenvalue weighted by Crippen LogP contribution is -2.49. The van der Waals surface area contributed by atoms with E-state index in [9.17, 15) is 5.11 Å². The number of hydrogen-bond acceptors (Lipinski definition) is 5. The van der Waals surface area contributed by atoms with Crippen molar-refractivity contribution in [2.24, 2.45) is 5.41 Å². The first-order valence-corrected chi connectivity index (χ1v) is 8.47. The molecular formula is C16H23BrN2O3. The minimum Gasteiger partial charge on any atom is -0.454 e. The summed E-state index contributed by atoms with van der Waals surface area (Å²) in [5, 5.41) is 13.3. The Hall–Kier alpha value is -0.820. The average Bonchev–Trinajstić information content (AvgIpc) is 2.95. The first-order valence-electron chi connectivity index (χ1n) is 7.67. The second-order valence-corrected chi connectivity index (χ2v) is 7.42. The van der Waals surface area contributed by atoms with E-state index >= 15 is 0 Å². The van der Waals surface area contributed by atoms with Gasteiger partial charge >= 0.3 is 0 Å². The molecule has 1 atom stereocenters. The van der Waals surface area contributed by atoms with Crippen molar-refractivity contribution in [1.82, 2.24) is 10.2 Å². The lowest BCUT2D eigenvalue weighted by Gasteiger charge is -2.43. The second kappa shape index (κ2) is 6.35. The van der Waals surface area contributed by atoms with E-state index in [1.54, 1.807) is 0 Å². The van der Waals surface area contributed by atoms with E-state index in [0.717, 1.165) is 47.7 Å². The third-order valence-electron chi connectivity index (χ3n) is 4.45. The zero-order chi connectivity index (χ0) is 15.7. The van der Waals surface area contributed by atoms with E-state index in [1.807, 2.05) is 6.07 Å². The van der Waals surface area contributed by atoms with Crippen LogP contribution in [0.15, 0.2) is 16.6 Å². The van der Waals surface area contributed by atoms with Gasteiger partial charge in [0.2, 0.25) is 6.79 Å². The van der Waals surface area contributed by atoms with E-state index in [0.29, 0.717) is 0 Å². The van der Waals surface area contributed by atoms with E-state index < -0.39 is 0 Å². The number of benzene rings is 1. The summed E-state index contributed by atoms with van der Waals surface area (Å²) in [6.07, 6.45) is 0. The predicted molar refractivity (Wildman–Crippen MR) is 88.3 cm³/mol. The fraction of sp³-hybridized carbons (Fsp3) is 0.625. The summed E-state index contributed by atoms with van der Waals surface area (Å²) in [5.41, 5.74) is 0.887. The normalized spacial score (nSPS) is 20.2. The number of hydrogen-bond donors (Lipinski definition) is 2. The smallest absolute Gasteiger partial charge is 0.231 e. The molecule has 2 N–H and O–H groups in total. The van der Waals surface area contributed by atoms with Crippen molar-refractivity contribution in [3.8, 4) is 11.5 Å². The van der Waals surface area contributed by atoms with Crippen LogP contribution < -0.4 is 14.8 Å². The van der Waals surface area contributed by atoms with Gasteiger partial charge in [-0.1, -0.05) is 29.8 Å². The Bertz CT molecular complexity index is 544. The van der Waals surface area contributed by atoms with Gasteiger partial charge in [-0.05, 0) is 17.7 Å². The molecule has 122 valence electrons. The van der Waals surface area contributed by atoms with Gasteiger partial charge in [-0.25, -0.2) is 0 Å². The first kappa shape index (κ1) is 16.1. The maximum atomic E-state index is 9.93. The molecule has 0 radical (unpaired) electrons. The molecule has 3 rings (SSSR count). The minimum absolute atomic E-state index is 0.114. The highest BCUT2D eigenvalue weighted by Crippen LogP contribution is 2.46. The van der Waals surface area contributed by atoms with Crippen molar-refractivity contribution in [2.75, 3.05) is 39.6 Å². The quantitative estimate of drug-likeness (QED) is 0.850. The molecule has 1 fully saturated rings. The molecule has 0 amide bonds. The summed E-state index contributed by atoms with van der Waals surface area (Å²) in [6, 6.07) is 4.14. The summed E-state index contributed by atoms with van der Waals surface area (Å²) < 4.78 is 12.0. The molecule has 0 aromatic heterocycles. The van der Waals surface area contributed by atoms with Crippen molar-refractivity contribution in [1.29, 1.82) is 0 Å². The number of ether oxygens (including phenoxy) is 2. The molecule has 22 heavy (non-hydrogen) atoms. The third kappa shape index (κ3) is 2.97. The molecule has 1 aromatic rings. The van der Waals surface area contributed by atoms with Crippen LogP contribution in [0.2, 0.25) is 0 Å². The van der Waals surface area contributed by atoms with Crippen LogP contribution >= 0.6 is 15.9 Å². The lowest BCUT2D eigenvalue weighted by atomic mass is 9.79. The molecule has 6 heteroatoms. The number of aliphatic hydroxyl groups excluding tert-OH is 1. The molecule has 0 bridgehead atoms. The minimum atomic E-state index is -0.256. The Morgan fingerprint density at radius 3 is 2.55 bits per heavy atom. The van der Waals surface area contributed by atoms with Crippen molar-refractivity contribution in [3.05, 3.63) is 22.2 Å². The van der Waals surface area contributed by atoms with Crippen LogP contribution in [0.25, 0.3) is 0 Å². The van der Waals surface area contributed by atoms with Crippen LogP contribution in [0, 0.1) is 5.41 Å². The summed E-state index contributed by atoms with van der Waals surface area (Å²) in [4.78, 5) is 2.44. The maximum Gasteiger partial charge on any atom is 0.231 e. The van der Waals surface area contributed by atoms with Gasteiger partial charge in [0, 0.05) is 48.7 Å². The van der Waals surface area contributed by atoms with Gasteiger partial charge in [0.25, 0.3) is 0 Å². The van der Waals surface area contributed by atoms with E-state index in [-0.39, 0.29) is 24.9 Å². The van der Waals surface area contributed by atoms with Gasteiger partial charge in [0.1, 0.15) is 0 Å². The van der Waals surface area contributed by atoms with E-state index in [1.165, 1.54) is 0 Å². The molecule has 2 heterocycles. The Balaban J connectivity index is 2.01. The zero-order valence-corrected chi connectivity index (χ0v) is 14.6. The first-order chi connectivity index (χ1) is 10.5. The van der Waals surface area contributed by atoms with E-state index in [2.05, 4.69) is 46.1 Å². The summed E-state index contributed by atoms with van der Waals surface area (Å²) in [6.45, 7) is 8.49.